The van der Waals surface area contributed by atoms with Gasteiger partial charge >= 0.3 is 11.7 Å². The van der Waals surface area contributed by atoms with Crippen LogP contribution in [0.2, 0.25) is 0 Å². The fourth-order valence-electron chi connectivity index (χ4n) is 2.49. The molecule has 0 radical (unpaired) electrons. The van der Waals surface area contributed by atoms with Crippen molar-refractivity contribution in [3.8, 4) is 0 Å². The number of ether oxygens (including phenoxy) is 2. The number of halogens is 2. The molecule has 0 spiro atoms. The number of aliphatic hydroxyl groups is 1. The molecule has 14 heteroatoms. The summed E-state index contributed by atoms with van der Waals surface area (Å²) in [5, 5.41) is 12.6. The predicted octanol–water partition coefficient (Wildman–Crippen LogP) is 0.192. The zero-order valence-electron chi connectivity index (χ0n) is 15.8. The van der Waals surface area contributed by atoms with Crippen molar-refractivity contribution >= 4 is 30.1 Å². The summed E-state index contributed by atoms with van der Waals surface area (Å²) in [6.45, 7) is 4.26. The second-order valence-electron chi connectivity index (χ2n) is 6.61. The highest BCUT2D eigenvalue weighted by molar-refractivity contribution is 9.10. The maximum atomic E-state index is 14.9. The molecule has 1 unspecified atom stereocenters. The van der Waals surface area contributed by atoms with Gasteiger partial charge in [0, 0.05) is 12.3 Å². The van der Waals surface area contributed by atoms with Crippen LogP contribution in [0.15, 0.2) is 21.9 Å². The van der Waals surface area contributed by atoms with Crippen LogP contribution in [0, 0.1) is 0 Å². The zero-order chi connectivity index (χ0) is 21.9. The van der Waals surface area contributed by atoms with E-state index in [2.05, 4.69) is 21.0 Å². The van der Waals surface area contributed by atoms with Crippen LogP contribution >= 0.6 is 24.1 Å². The van der Waals surface area contributed by atoms with Crippen LogP contribution in [0.4, 0.5) is 4.39 Å². The van der Waals surface area contributed by atoms with Gasteiger partial charge in [-0.25, -0.2) is 14.3 Å². The van der Waals surface area contributed by atoms with Gasteiger partial charge in [0.2, 0.25) is 4.58 Å². The molecule has 6 atom stereocenters. The van der Waals surface area contributed by atoms with Crippen LogP contribution in [-0.4, -0.2) is 56.2 Å². The van der Waals surface area contributed by atoms with Gasteiger partial charge in [-0.1, -0.05) is 0 Å². The summed E-state index contributed by atoms with van der Waals surface area (Å²) in [6, 6.07) is 0.0757. The van der Waals surface area contributed by atoms with Gasteiger partial charge in [0.25, 0.3) is 13.7 Å². The van der Waals surface area contributed by atoms with Crippen LogP contribution in [0.5, 0.6) is 0 Å². The summed E-state index contributed by atoms with van der Waals surface area (Å²) in [4.78, 5) is 36.7. The van der Waals surface area contributed by atoms with Crippen molar-refractivity contribution in [1.82, 2.24) is 14.6 Å². The Morgan fingerprint density at radius 3 is 2.76 bits per heavy atom. The number of hydrogen-bond acceptors (Lipinski definition) is 8. The minimum atomic E-state index is -2.96. The third kappa shape index (κ3) is 5.83. The lowest BCUT2D eigenvalue weighted by Crippen LogP contribution is -2.41. The van der Waals surface area contributed by atoms with E-state index < -0.39 is 61.1 Å². The number of carbonyl (C=O) groups is 1. The van der Waals surface area contributed by atoms with Crippen molar-refractivity contribution in [1.29, 1.82) is 0 Å². The Balaban J connectivity index is 2.00. The van der Waals surface area contributed by atoms with Crippen molar-refractivity contribution in [2.45, 2.75) is 55.9 Å². The first kappa shape index (κ1) is 23.9. The third-order valence-corrected chi connectivity index (χ3v) is 5.86. The summed E-state index contributed by atoms with van der Waals surface area (Å²) < 4.78 is 40.5. The lowest BCUT2D eigenvalue weighted by Gasteiger charge is -2.22. The number of rotatable bonds is 8. The Labute approximate surface area is 173 Å². The third-order valence-electron chi connectivity index (χ3n) is 3.90. The zero-order valence-corrected chi connectivity index (χ0v) is 18.3. The van der Waals surface area contributed by atoms with E-state index in [1.807, 2.05) is 4.98 Å². The van der Waals surface area contributed by atoms with Gasteiger partial charge in [-0.15, -0.1) is 0 Å². The van der Waals surface area contributed by atoms with Gasteiger partial charge in [0.1, 0.15) is 18.2 Å². The minimum absolute atomic E-state index is 0.345. The number of nitrogens with one attached hydrogen (secondary N) is 2. The SMILES string of the molecule is CC(C)OC(=O)[C@H](C)N[PH](=O)OC[C@H]1O[C@@H](n2ccc(=O)[nH]c2=O)[C@](F)(Br)[C@@H]1O. The topological polar surface area (TPSA) is 149 Å². The second kappa shape index (κ2) is 9.63. The molecule has 0 aliphatic carbocycles. The number of aromatic amines is 1. The van der Waals surface area contributed by atoms with Gasteiger partial charge < -0.3 is 19.1 Å². The molecule has 0 aromatic carbocycles. The van der Waals surface area contributed by atoms with Crippen molar-refractivity contribution in [3.05, 3.63) is 33.1 Å². The van der Waals surface area contributed by atoms with Crippen LogP contribution in [0.3, 0.4) is 0 Å². The number of aliphatic hydroxyl groups excluding tert-OH is 1. The highest BCUT2D eigenvalue weighted by Gasteiger charge is 2.57. The number of esters is 1. The number of alkyl halides is 2. The Bertz CT molecular complexity index is 876. The number of carbonyl (C=O) groups excluding carboxylic acids is 1. The van der Waals surface area contributed by atoms with Gasteiger partial charge in [-0.05, 0) is 36.7 Å². The largest absolute Gasteiger partial charge is 0.462 e. The fraction of sp³-hybridized carbons (Fsp3) is 0.667. The molecule has 0 bridgehead atoms. The summed E-state index contributed by atoms with van der Waals surface area (Å²) in [5.74, 6) is -0.625. The lowest BCUT2D eigenvalue weighted by molar-refractivity contribution is -0.149. The van der Waals surface area contributed by atoms with E-state index in [-0.39, 0.29) is 6.10 Å². The van der Waals surface area contributed by atoms with E-state index in [1.165, 1.54) is 6.92 Å². The highest BCUT2D eigenvalue weighted by Crippen LogP contribution is 2.45. The van der Waals surface area contributed by atoms with Crippen LogP contribution in [0.25, 0.3) is 0 Å². The molecule has 2 heterocycles. The summed E-state index contributed by atoms with van der Waals surface area (Å²) in [6.07, 6.45) is -4.03. The lowest BCUT2D eigenvalue weighted by atomic mass is 10.1. The molecule has 164 valence electrons. The second-order valence-corrected chi connectivity index (χ2v) is 8.98. The van der Waals surface area contributed by atoms with Crippen molar-refractivity contribution in [2.24, 2.45) is 0 Å². The molecule has 1 aliphatic heterocycles. The van der Waals surface area contributed by atoms with Crippen LogP contribution in [-0.2, 0) is 23.4 Å². The molecule has 0 saturated carbocycles. The quantitative estimate of drug-likeness (QED) is 0.257. The first-order valence-electron chi connectivity index (χ1n) is 8.60. The molecular weight excluding hydrogens is 480 g/mol. The number of H-pyrrole nitrogens is 1. The maximum absolute atomic E-state index is 14.9. The van der Waals surface area contributed by atoms with E-state index in [1.54, 1.807) is 13.8 Å². The molecular formula is C15H22BrFN3O8P. The molecule has 1 fully saturated rings. The van der Waals surface area contributed by atoms with E-state index in [9.17, 15) is 28.4 Å². The Morgan fingerprint density at radius 2 is 2.17 bits per heavy atom. The van der Waals surface area contributed by atoms with Gasteiger partial charge in [0.15, 0.2) is 6.23 Å². The van der Waals surface area contributed by atoms with Crippen molar-refractivity contribution < 1.29 is 32.9 Å². The number of aromatic nitrogens is 2. The highest BCUT2D eigenvalue weighted by atomic mass is 79.9. The van der Waals surface area contributed by atoms with Crippen LogP contribution in [0.1, 0.15) is 27.0 Å². The van der Waals surface area contributed by atoms with Gasteiger partial charge in [-0.2, -0.15) is 0 Å². The van der Waals surface area contributed by atoms with E-state index in [0.29, 0.717) is 0 Å². The van der Waals surface area contributed by atoms with Crippen LogP contribution < -0.4 is 16.3 Å². The fourth-order valence-corrected chi connectivity index (χ4v) is 3.98. The Morgan fingerprint density at radius 1 is 1.52 bits per heavy atom. The van der Waals surface area contributed by atoms with Gasteiger partial charge in [-0.3, -0.25) is 23.7 Å². The average molecular weight is 502 g/mol. The van der Waals surface area contributed by atoms with Crippen molar-refractivity contribution in [3.63, 3.8) is 0 Å². The summed E-state index contributed by atoms with van der Waals surface area (Å²) >= 11 is 2.70. The molecule has 1 aromatic heterocycles. The standard InChI is InChI=1S/C15H22BrFN3O8P/c1-7(2)27-12(23)8(3)19-29(25)26-6-9-11(22)15(16,17)13(28-9)20-5-4-10(21)18-14(20)24/h4-5,7-9,11,13,22,29H,6H2,1-3H3,(H,19,25)(H,18,21,24)/t8-,9+,11+,13+,15-/m0/s1. The maximum Gasteiger partial charge on any atom is 0.330 e. The van der Waals surface area contributed by atoms with E-state index >= 15 is 0 Å². The minimum Gasteiger partial charge on any atom is -0.462 e. The first-order chi connectivity index (χ1) is 13.4. The molecule has 0 amide bonds. The molecule has 1 aliphatic rings. The normalized spacial score (nSPS) is 29.0. The number of hydrogen-bond donors (Lipinski definition) is 3. The van der Waals surface area contributed by atoms with E-state index in [4.69, 9.17) is 14.0 Å². The van der Waals surface area contributed by atoms with Gasteiger partial charge in [0.05, 0.1) is 12.7 Å². The number of nitrogens with zero attached hydrogens (tertiary/aromatic N) is 1. The molecule has 3 N–H and O–H groups in total. The Hall–Kier alpha value is -1.37. The first-order valence-corrected chi connectivity index (χ1v) is 10.7. The monoisotopic (exact) mass is 501 g/mol. The molecule has 11 nitrogen and oxygen atoms in total. The van der Waals surface area contributed by atoms with Crippen molar-refractivity contribution in [2.75, 3.05) is 6.61 Å². The predicted molar refractivity (Wildman–Crippen MR) is 103 cm³/mol. The van der Waals surface area contributed by atoms with E-state index in [0.717, 1.165) is 16.8 Å². The molecule has 29 heavy (non-hydrogen) atoms. The average Bonchev–Trinajstić information content (AvgIpc) is 2.82. The molecule has 1 saturated heterocycles. The summed E-state index contributed by atoms with van der Waals surface area (Å²) in [7, 11) is -2.96. The summed E-state index contributed by atoms with van der Waals surface area (Å²) in [5.41, 5.74) is -1.62. The Kier molecular flexibility index (Phi) is 7.93. The molecule has 1 aromatic rings. The molecule has 2 rings (SSSR count). The smallest absolute Gasteiger partial charge is 0.330 e.